The van der Waals surface area contributed by atoms with Gasteiger partial charge in [-0.1, -0.05) is 29.4 Å². The third-order valence-electron chi connectivity index (χ3n) is 4.53. The van der Waals surface area contributed by atoms with Crippen molar-refractivity contribution in [2.75, 3.05) is 25.3 Å². The van der Waals surface area contributed by atoms with Gasteiger partial charge in [0.05, 0.1) is 36.9 Å². The van der Waals surface area contributed by atoms with Crippen LogP contribution in [-0.2, 0) is 4.79 Å². The Morgan fingerprint density at radius 3 is 2.78 bits per heavy atom. The Labute approximate surface area is 197 Å². The van der Waals surface area contributed by atoms with Crippen molar-refractivity contribution < 1.29 is 14.3 Å². The molecule has 0 saturated heterocycles. The van der Waals surface area contributed by atoms with Gasteiger partial charge in [-0.15, -0.1) is 11.3 Å². The summed E-state index contributed by atoms with van der Waals surface area (Å²) in [6.07, 6.45) is 0. The Hall–Kier alpha value is -3.01. The number of ether oxygens (including phenoxy) is 2. The highest BCUT2D eigenvalue weighted by molar-refractivity contribution is 7.99. The van der Waals surface area contributed by atoms with Gasteiger partial charge in [0.15, 0.2) is 5.16 Å². The van der Waals surface area contributed by atoms with E-state index in [0.29, 0.717) is 43.3 Å². The van der Waals surface area contributed by atoms with Gasteiger partial charge in [0.1, 0.15) is 16.2 Å². The molecule has 2 aromatic carbocycles. The molecule has 1 N–H and O–H groups in total. The van der Waals surface area contributed by atoms with Crippen LogP contribution in [0.1, 0.15) is 0 Å². The summed E-state index contributed by atoms with van der Waals surface area (Å²) in [6.45, 7) is 0. The summed E-state index contributed by atoms with van der Waals surface area (Å²) in [7, 11) is 3.07. The molecule has 0 aliphatic carbocycles. The maximum atomic E-state index is 13.2. The van der Waals surface area contributed by atoms with Gasteiger partial charge in [0.25, 0.3) is 5.56 Å². The minimum atomic E-state index is -0.279. The van der Waals surface area contributed by atoms with E-state index in [2.05, 4.69) is 10.3 Å². The quantitative estimate of drug-likeness (QED) is 0.296. The molecule has 1 amide bonds. The summed E-state index contributed by atoms with van der Waals surface area (Å²) in [5, 5.41) is 5.54. The third kappa shape index (κ3) is 4.59. The Kier molecular flexibility index (Phi) is 6.69. The number of fused-ring (bicyclic) bond motifs is 1. The largest absolute Gasteiger partial charge is 0.497 e. The maximum Gasteiger partial charge on any atom is 0.276 e. The SMILES string of the molecule is COc1ccc(OC)c(NC(=O)CSc2nc3ccsc3c(=O)n2-c2cccc(Cl)c2)c1. The lowest BCUT2D eigenvalue weighted by Crippen LogP contribution is -2.22. The van der Waals surface area contributed by atoms with Crippen molar-refractivity contribution in [2.45, 2.75) is 5.16 Å². The summed E-state index contributed by atoms with van der Waals surface area (Å²) in [4.78, 5) is 30.5. The smallest absolute Gasteiger partial charge is 0.276 e. The number of halogens is 1. The second-order valence-electron chi connectivity index (χ2n) is 6.55. The molecule has 4 rings (SSSR count). The first kappa shape index (κ1) is 22.2. The molecular weight excluding hydrogens is 470 g/mol. The van der Waals surface area contributed by atoms with Crippen molar-refractivity contribution in [1.29, 1.82) is 0 Å². The molecule has 0 saturated carbocycles. The maximum absolute atomic E-state index is 13.2. The molecule has 0 spiro atoms. The Morgan fingerprint density at radius 2 is 2.03 bits per heavy atom. The Balaban J connectivity index is 1.63. The van der Waals surface area contributed by atoms with Crippen molar-refractivity contribution in [3.05, 3.63) is 69.3 Å². The minimum absolute atomic E-state index is 0.0308. The number of thiophene rings is 1. The second-order valence-corrected chi connectivity index (χ2v) is 8.85. The number of benzene rings is 2. The van der Waals surface area contributed by atoms with Crippen LogP contribution in [0.4, 0.5) is 5.69 Å². The highest BCUT2D eigenvalue weighted by Gasteiger charge is 2.17. The van der Waals surface area contributed by atoms with E-state index >= 15 is 0 Å². The third-order valence-corrected chi connectivity index (χ3v) is 6.59. The normalized spacial score (nSPS) is 10.8. The molecule has 4 aromatic rings. The zero-order valence-corrected chi connectivity index (χ0v) is 19.5. The molecule has 0 bridgehead atoms. The van der Waals surface area contributed by atoms with E-state index in [1.54, 1.807) is 55.6 Å². The van der Waals surface area contributed by atoms with Crippen molar-refractivity contribution in [3.63, 3.8) is 0 Å². The first-order valence-corrected chi connectivity index (χ1v) is 11.7. The lowest BCUT2D eigenvalue weighted by atomic mass is 10.2. The molecule has 32 heavy (non-hydrogen) atoms. The molecule has 7 nitrogen and oxygen atoms in total. The predicted octanol–water partition coefficient (Wildman–Crippen LogP) is 4.85. The number of methoxy groups -OCH3 is 2. The van der Waals surface area contributed by atoms with E-state index in [1.165, 1.54) is 23.0 Å². The van der Waals surface area contributed by atoms with Crippen molar-refractivity contribution in [2.24, 2.45) is 0 Å². The van der Waals surface area contributed by atoms with Crippen LogP contribution < -0.4 is 20.3 Å². The van der Waals surface area contributed by atoms with Gasteiger partial charge in [-0.25, -0.2) is 4.98 Å². The summed E-state index contributed by atoms with van der Waals surface area (Å²) in [6, 6.07) is 13.9. The van der Waals surface area contributed by atoms with Crippen LogP contribution in [-0.4, -0.2) is 35.4 Å². The highest BCUT2D eigenvalue weighted by Crippen LogP contribution is 2.30. The van der Waals surface area contributed by atoms with Crippen molar-refractivity contribution in [1.82, 2.24) is 9.55 Å². The molecule has 0 aliphatic rings. The molecule has 0 aliphatic heterocycles. The topological polar surface area (TPSA) is 82.5 Å². The van der Waals surface area contributed by atoms with Crippen LogP contribution in [0.5, 0.6) is 11.5 Å². The molecule has 2 aromatic heterocycles. The van der Waals surface area contributed by atoms with E-state index in [9.17, 15) is 9.59 Å². The van der Waals surface area contributed by atoms with E-state index < -0.39 is 0 Å². The fourth-order valence-corrected chi connectivity index (χ4v) is 4.82. The first-order chi connectivity index (χ1) is 15.5. The van der Waals surface area contributed by atoms with Gasteiger partial charge >= 0.3 is 0 Å². The molecule has 2 heterocycles. The van der Waals surface area contributed by atoms with Crippen LogP contribution in [0.25, 0.3) is 15.9 Å². The number of hydrogen-bond acceptors (Lipinski definition) is 7. The standard InChI is InChI=1S/C22H18ClN3O4S2/c1-29-15-6-7-18(30-2)17(11-15)24-19(27)12-32-22-25-16-8-9-31-20(16)21(28)26(22)14-5-3-4-13(23)10-14/h3-11H,12H2,1-2H3,(H,24,27). The number of amides is 1. The zero-order valence-electron chi connectivity index (χ0n) is 17.1. The minimum Gasteiger partial charge on any atom is -0.497 e. The molecule has 0 atom stereocenters. The van der Waals surface area contributed by atoms with Gasteiger partial charge in [-0.2, -0.15) is 0 Å². The van der Waals surface area contributed by atoms with Crippen LogP contribution in [0.3, 0.4) is 0 Å². The summed E-state index contributed by atoms with van der Waals surface area (Å²) in [5.41, 5.74) is 1.47. The van der Waals surface area contributed by atoms with Crippen molar-refractivity contribution in [3.8, 4) is 17.2 Å². The second kappa shape index (κ2) is 9.64. The fraction of sp³-hybridized carbons (Fsp3) is 0.136. The van der Waals surface area contributed by atoms with Gasteiger partial charge in [-0.3, -0.25) is 14.2 Å². The molecule has 0 unspecified atom stereocenters. The highest BCUT2D eigenvalue weighted by atomic mass is 35.5. The lowest BCUT2D eigenvalue weighted by molar-refractivity contribution is -0.113. The number of carbonyl (C=O) groups excluding carboxylic acids is 1. The number of anilines is 1. The van der Waals surface area contributed by atoms with Gasteiger partial charge in [0, 0.05) is 11.1 Å². The number of rotatable bonds is 7. The van der Waals surface area contributed by atoms with Crippen LogP contribution >= 0.6 is 34.7 Å². The Bertz CT molecular complexity index is 1350. The molecule has 0 fully saturated rings. The summed E-state index contributed by atoms with van der Waals surface area (Å²) < 4.78 is 12.5. The number of carbonyl (C=O) groups is 1. The van der Waals surface area contributed by atoms with Crippen molar-refractivity contribution >= 4 is 56.5 Å². The van der Waals surface area contributed by atoms with Crippen LogP contribution in [0.2, 0.25) is 5.02 Å². The zero-order chi connectivity index (χ0) is 22.7. The molecule has 10 heteroatoms. The van der Waals surface area contributed by atoms with Gasteiger partial charge in [-0.05, 0) is 41.8 Å². The lowest BCUT2D eigenvalue weighted by Gasteiger charge is -2.13. The fourth-order valence-electron chi connectivity index (χ4n) is 3.06. The van der Waals surface area contributed by atoms with Gasteiger partial charge in [0.2, 0.25) is 5.91 Å². The number of hydrogen-bond donors (Lipinski definition) is 1. The number of thioether (sulfide) groups is 1. The molecular formula is C22H18ClN3O4S2. The number of nitrogens with one attached hydrogen (secondary N) is 1. The summed E-state index contributed by atoms with van der Waals surface area (Å²) in [5.74, 6) is 0.855. The number of nitrogens with zero attached hydrogens (tertiary/aromatic N) is 2. The molecule has 164 valence electrons. The van der Waals surface area contributed by atoms with E-state index in [1.807, 2.05) is 5.38 Å². The monoisotopic (exact) mass is 487 g/mol. The van der Waals surface area contributed by atoms with E-state index in [-0.39, 0.29) is 17.2 Å². The predicted molar refractivity (Wildman–Crippen MR) is 129 cm³/mol. The van der Waals surface area contributed by atoms with Crippen LogP contribution in [0, 0.1) is 0 Å². The number of aromatic nitrogens is 2. The Morgan fingerprint density at radius 1 is 1.19 bits per heavy atom. The first-order valence-electron chi connectivity index (χ1n) is 9.41. The van der Waals surface area contributed by atoms with E-state index in [4.69, 9.17) is 21.1 Å². The average molecular weight is 488 g/mol. The van der Waals surface area contributed by atoms with E-state index in [0.717, 1.165) is 11.8 Å². The summed E-state index contributed by atoms with van der Waals surface area (Å²) >= 11 is 8.63. The molecule has 0 radical (unpaired) electrons. The average Bonchev–Trinajstić information content (AvgIpc) is 3.26. The van der Waals surface area contributed by atoms with Gasteiger partial charge < -0.3 is 14.8 Å². The van der Waals surface area contributed by atoms with Crippen LogP contribution in [0.15, 0.2) is 63.9 Å².